The second-order valence-electron chi connectivity index (χ2n) is 7.42. The number of carbonyl (C=O) groups is 1. The number of rotatable bonds is 2. The monoisotopic (exact) mass is 310 g/mol. The van der Waals surface area contributed by atoms with Crippen LogP contribution >= 0.6 is 0 Å². The second-order valence-corrected chi connectivity index (χ2v) is 9.65. The summed E-state index contributed by atoms with van der Waals surface area (Å²) in [5.41, 5.74) is 3.87. The van der Waals surface area contributed by atoms with E-state index in [4.69, 9.17) is 0 Å². The highest BCUT2D eigenvalue weighted by Crippen LogP contribution is 2.52. The molecule has 4 saturated carbocycles. The number of nitrogens with zero attached hydrogens (tertiary/aromatic N) is 1. The highest BCUT2D eigenvalue weighted by Gasteiger charge is 2.46. The Morgan fingerprint density at radius 3 is 2.19 bits per heavy atom. The first-order valence-corrected chi connectivity index (χ1v) is 9.90. The lowest BCUT2D eigenvalue weighted by atomic mass is 9.55. The fraction of sp³-hybridized carbons (Fsp3) is 0.867. The van der Waals surface area contributed by atoms with Gasteiger partial charge in [-0.3, -0.25) is 4.79 Å². The average Bonchev–Trinajstić information content (AvgIpc) is 2.77. The van der Waals surface area contributed by atoms with Crippen molar-refractivity contribution in [3.8, 4) is 0 Å². The summed E-state index contributed by atoms with van der Waals surface area (Å²) in [7, 11) is -3.01. The van der Waals surface area contributed by atoms with Crippen LogP contribution in [0.5, 0.6) is 0 Å². The van der Waals surface area contributed by atoms with Gasteiger partial charge in [0.25, 0.3) is 0 Å². The number of hydrogen-bond donors (Lipinski definition) is 1. The summed E-state index contributed by atoms with van der Waals surface area (Å²) in [5, 5.41) is 4.44. The lowest BCUT2D eigenvalue weighted by Crippen LogP contribution is -2.46. The Bertz CT molecular complexity index is 566. The van der Waals surface area contributed by atoms with E-state index in [-0.39, 0.29) is 17.4 Å². The van der Waals surface area contributed by atoms with Crippen LogP contribution in [0.1, 0.15) is 38.5 Å². The number of nitrogens with one attached hydrogen (secondary N) is 1. The van der Waals surface area contributed by atoms with Gasteiger partial charge >= 0.3 is 0 Å². The molecule has 1 saturated heterocycles. The number of hydrogen-bond acceptors (Lipinski definition) is 4. The number of carbonyl (C=O) groups excluding carboxylic acids is 1. The van der Waals surface area contributed by atoms with Crippen molar-refractivity contribution in [3.63, 3.8) is 0 Å². The summed E-state index contributed by atoms with van der Waals surface area (Å²) >= 11 is 0. The van der Waals surface area contributed by atoms with E-state index in [1.165, 1.54) is 37.8 Å². The Morgan fingerprint density at radius 2 is 1.67 bits per heavy atom. The van der Waals surface area contributed by atoms with Gasteiger partial charge in [-0.2, -0.15) is 5.10 Å². The topological polar surface area (TPSA) is 75.6 Å². The predicted octanol–water partition coefficient (Wildman–Crippen LogP) is 1.35. The van der Waals surface area contributed by atoms with Gasteiger partial charge in [-0.15, -0.1) is 0 Å². The SMILES string of the molecule is O=C(NN=C1C2CC3CC(C2)CC1C3)[C@@H]1CCS(=O)(=O)C1. The van der Waals surface area contributed by atoms with Crippen LogP contribution in [-0.4, -0.2) is 31.5 Å². The van der Waals surface area contributed by atoms with Gasteiger partial charge in [0.15, 0.2) is 9.84 Å². The molecule has 5 rings (SSSR count). The first-order chi connectivity index (χ1) is 10.00. The third-order valence-electron chi connectivity index (χ3n) is 5.87. The Labute approximate surface area is 125 Å². The molecule has 0 aromatic rings. The summed E-state index contributed by atoms with van der Waals surface area (Å²) < 4.78 is 22.9. The minimum absolute atomic E-state index is 0.0132. The van der Waals surface area contributed by atoms with Crippen LogP contribution in [0.15, 0.2) is 5.10 Å². The molecule has 0 aromatic heterocycles. The third kappa shape index (κ3) is 2.51. The molecule has 4 aliphatic carbocycles. The van der Waals surface area contributed by atoms with Gasteiger partial charge in [0, 0.05) is 5.71 Å². The van der Waals surface area contributed by atoms with Gasteiger partial charge < -0.3 is 0 Å². The second kappa shape index (κ2) is 4.80. The van der Waals surface area contributed by atoms with Crippen LogP contribution in [0.2, 0.25) is 0 Å². The maximum absolute atomic E-state index is 12.1. The van der Waals surface area contributed by atoms with Crippen molar-refractivity contribution in [2.45, 2.75) is 38.5 Å². The standard InChI is InChI=1S/C15H22N2O3S/c18-15(11-1-2-21(19,20)8-11)17-16-14-12-4-9-3-10(6-12)7-13(14)5-9/h9-13H,1-8H2,(H,17,18)/t9?,10?,11-,12?,13?/m1/s1. The molecule has 1 aliphatic heterocycles. The molecule has 21 heavy (non-hydrogen) atoms. The minimum Gasteiger partial charge on any atom is -0.273 e. The molecule has 5 aliphatic rings. The smallest absolute Gasteiger partial charge is 0.244 e. The van der Waals surface area contributed by atoms with Crippen molar-refractivity contribution in [1.29, 1.82) is 0 Å². The maximum Gasteiger partial charge on any atom is 0.244 e. The zero-order valence-electron chi connectivity index (χ0n) is 12.1. The maximum atomic E-state index is 12.1. The lowest BCUT2D eigenvalue weighted by molar-refractivity contribution is -0.124. The third-order valence-corrected chi connectivity index (χ3v) is 7.64. The van der Waals surface area contributed by atoms with Crippen molar-refractivity contribution < 1.29 is 13.2 Å². The lowest BCUT2D eigenvalue weighted by Gasteiger charge is -2.50. The first kappa shape index (κ1) is 13.7. The molecular formula is C15H22N2O3S. The van der Waals surface area contributed by atoms with Gasteiger partial charge in [-0.05, 0) is 62.2 Å². The molecule has 5 nitrogen and oxygen atoms in total. The van der Waals surface area contributed by atoms with Crippen LogP contribution in [0.3, 0.4) is 0 Å². The molecule has 1 atom stereocenters. The highest BCUT2D eigenvalue weighted by atomic mass is 32.2. The summed E-state index contributed by atoms with van der Waals surface area (Å²) in [5.74, 6) is 2.39. The van der Waals surface area contributed by atoms with Gasteiger partial charge in [0.05, 0.1) is 17.4 Å². The predicted molar refractivity (Wildman–Crippen MR) is 79.4 cm³/mol. The summed E-state index contributed by atoms with van der Waals surface area (Å²) in [6.07, 6.45) is 6.78. The first-order valence-electron chi connectivity index (χ1n) is 8.08. The quantitative estimate of drug-likeness (QED) is 0.782. The van der Waals surface area contributed by atoms with Gasteiger partial charge in [-0.25, -0.2) is 13.8 Å². The summed E-state index contributed by atoms with van der Waals surface area (Å²) in [6, 6.07) is 0. The molecule has 0 unspecified atom stereocenters. The van der Waals surface area contributed by atoms with Gasteiger partial charge in [-0.1, -0.05) is 0 Å². The molecule has 4 bridgehead atoms. The molecule has 0 aromatic carbocycles. The van der Waals surface area contributed by atoms with Gasteiger partial charge in [0.1, 0.15) is 0 Å². The van der Waals surface area contributed by atoms with E-state index in [0.717, 1.165) is 11.8 Å². The van der Waals surface area contributed by atoms with E-state index < -0.39 is 15.8 Å². The minimum atomic E-state index is -3.01. The van der Waals surface area contributed by atoms with E-state index in [1.54, 1.807) is 0 Å². The number of amides is 1. The number of sulfone groups is 1. The van der Waals surface area contributed by atoms with Gasteiger partial charge in [0.2, 0.25) is 5.91 Å². The van der Waals surface area contributed by atoms with Crippen LogP contribution in [0.4, 0.5) is 0 Å². The number of hydrazone groups is 1. The molecule has 1 amide bonds. The van der Waals surface area contributed by atoms with E-state index in [9.17, 15) is 13.2 Å². The van der Waals surface area contributed by atoms with Crippen molar-refractivity contribution >= 4 is 21.5 Å². The van der Waals surface area contributed by atoms with Crippen molar-refractivity contribution in [3.05, 3.63) is 0 Å². The zero-order chi connectivity index (χ0) is 14.6. The Hall–Kier alpha value is -0.910. The molecule has 116 valence electrons. The zero-order valence-corrected chi connectivity index (χ0v) is 12.9. The molecule has 0 radical (unpaired) electrons. The molecule has 5 fully saturated rings. The molecule has 1 N–H and O–H groups in total. The fourth-order valence-corrected chi connectivity index (χ4v) is 6.80. The fourth-order valence-electron chi connectivity index (χ4n) is 5.06. The Morgan fingerprint density at radius 1 is 1.05 bits per heavy atom. The van der Waals surface area contributed by atoms with Crippen molar-refractivity contribution in [1.82, 2.24) is 5.43 Å². The highest BCUT2D eigenvalue weighted by molar-refractivity contribution is 7.91. The van der Waals surface area contributed by atoms with Crippen LogP contribution in [-0.2, 0) is 14.6 Å². The molecule has 0 spiro atoms. The molecular weight excluding hydrogens is 288 g/mol. The molecule has 6 heteroatoms. The van der Waals surface area contributed by atoms with E-state index in [1.807, 2.05) is 0 Å². The van der Waals surface area contributed by atoms with Crippen molar-refractivity contribution in [2.75, 3.05) is 11.5 Å². The Kier molecular flexibility index (Phi) is 3.14. The summed E-state index contributed by atoms with van der Waals surface area (Å²) in [6.45, 7) is 0. The van der Waals surface area contributed by atoms with Crippen molar-refractivity contribution in [2.24, 2.45) is 34.7 Å². The average molecular weight is 310 g/mol. The van der Waals surface area contributed by atoms with E-state index in [0.29, 0.717) is 18.3 Å². The van der Waals surface area contributed by atoms with Crippen LogP contribution in [0.25, 0.3) is 0 Å². The normalized spacial score (nSPS) is 43.0. The Balaban J connectivity index is 1.43. The summed E-state index contributed by atoms with van der Waals surface area (Å²) in [4.78, 5) is 12.1. The van der Waals surface area contributed by atoms with Crippen LogP contribution < -0.4 is 5.43 Å². The largest absolute Gasteiger partial charge is 0.273 e. The molecule has 1 heterocycles. The van der Waals surface area contributed by atoms with Crippen LogP contribution in [0, 0.1) is 29.6 Å². The van der Waals surface area contributed by atoms with E-state index >= 15 is 0 Å². The van der Waals surface area contributed by atoms with E-state index in [2.05, 4.69) is 10.5 Å².